The molecule has 108 valence electrons. The largest absolute Gasteiger partial charge is 0.387 e. The average molecular weight is 345 g/mol. The molecule has 0 radical (unpaired) electrons. The van der Waals surface area contributed by atoms with E-state index in [1.54, 1.807) is 0 Å². The number of nitrogens with two attached hydrogens (primary N) is 2. The van der Waals surface area contributed by atoms with Crippen LogP contribution in [0.5, 0.6) is 0 Å². The van der Waals surface area contributed by atoms with Crippen LogP contribution in [-0.4, -0.2) is 54.6 Å². The van der Waals surface area contributed by atoms with E-state index in [2.05, 4.69) is 30.9 Å². The number of imidazole rings is 1. The number of hydrogen-bond acceptors (Lipinski definition) is 8. The highest BCUT2D eigenvalue weighted by molar-refractivity contribution is 9.10. The van der Waals surface area contributed by atoms with Gasteiger partial charge in [-0.3, -0.25) is 4.57 Å². The molecular weight excluding hydrogens is 332 g/mol. The molecule has 3 heterocycles. The molecule has 0 aromatic carbocycles. The zero-order valence-corrected chi connectivity index (χ0v) is 11.8. The van der Waals surface area contributed by atoms with Crippen molar-refractivity contribution in [3.63, 3.8) is 0 Å². The summed E-state index contributed by atoms with van der Waals surface area (Å²) < 4.78 is 7.35. The molecule has 1 aliphatic rings. The summed E-state index contributed by atoms with van der Waals surface area (Å²) in [4.78, 5) is 12.2. The van der Waals surface area contributed by atoms with Gasteiger partial charge in [-0.05, 0) is 15.9 Å². The first-order valence-electron chi connectivity index (χ1n) is 5.90. The first-order chi connectivity index (χ1) is 9.52. The summed E-state index contributed by atoms with van der Waals surface area (Å²) in [7, 11) is 0. The Hall–Kier alpha value is -1.33. The van der Waals surface area contributed by atoms with Gasteiger partial charge < -0.3 is 26.4 Å². The topological polar surface area (TPSA) is 145 Å². The van der Waals surface area contributed by atoms with Crippen LogP contribution in [0.1, 0.15) is 6.23 Å². The second-order valence-electron chi connectivity index (χ2n) is 4.48. The highest BCUT2D eigenvalue weighted by Gasteiger charge is 2.43. The Kier molecular flexibility index (Phi) is 3.34. The van der Waals surface area contributed by atoms with Crippen molar-refractivity contribution in [2.45, 2.75) is 24.5 Å². The number of rotatable bonds is 2. The molecule has 2 aromatic rings. The number of fused-ring (bicyclic) bond motifs is 1. The fourth-order valence-electron chi connectivity index (χ4n) is 2.25. The van der Waals surface area contributed by atoms with E-state index in [4.69, 9.17) is 16.2 Å². The van der Waals surface area contributed by atoms with Gasteiger partial charge in [0.1, 0.15) is 23.8 Å². The summed E-state index contributed by atoms with van der Waals surface area (Å²) in [6.45, 7) is 0.0994. The number of ether oxygens (including phenoxy) is 1. The Morgan fingerprint density at radius 1 is 1.35 bits per heavy atom. The predicted octanol–water partition coefficient (Wildman–Crippen LogP) is -1.25. The van der Waals surface area contributed by atoms with Crippen molar-refractivity contribution in [2.75, 3.05) is 12.3 Å². The molecule has 0 aliphatic carbocycles. The van der Waals surface area contributed by atoms with Gasteiger partial charge in [-0.25, -0.2) is 15.0 Å². The number of nitrogens with zero attached hydrogens (tertiary/aromatic N) is 4. The van der Waals surface area contributed by atoms with Crippen LogP contribution in [0, 0.1) is 0 Å². The highest BCUT2D eigenvalue weighted by atomic mass is 79.9. The SMILES string of the molecule is NC[C@H]1O[C@@H](n2cnc3c(N)nc(Br)nc32)[C@@H](O)[C@H]1O. The van der Waals surface area contributed by atoms with E-state index in [-0.39, 0.29) is 12.4 Å². The number of nitrogen functional groups attached to an aromatic ring is 1. The normalized spacial score (nSPS) is 30.2. The number of hydrogen-bond donors (Lipinski definition) is 4. The zero-order valence-electron chi connectivity index (χ0n) is 10.2. The van der Waals surface area contributed by atoms with E-state index in [0.29, 0.717) is 15.9 Å². The predicted molar refractivity (Wildman–Crippen MR) is 72.4 cm³/mol. The third-order valence-corrected chi connectivity index (χ3v) is 3.62. The number of aromatic nitrogens is 4. The highest BCUT2D eigenvalue weighted by Crippen LogP contribution is 2.31. The van der Waals surface area contributed by atoms with E-state index in [0.717, 1.165) is 0 Å². The molecule has 20 heavy (non-hydrogen) atoms. The lowest BCUT2D eigenvalue weighted by molar-refractivity contribution is -0.0322. The summed E-state index contributed by atoms with van der Waals surface area (Å²) in [5.74, 6) is 0.212. The first kappa shape index (κ1) is 13.6. The van der Waals surface area contributed by atoms with Crippen molar-refractivity contribution in [1.29, 1.82) is 0 Å². The molecule has 0 saturated carbocycles. The lowest BCUT2D eigenvalue weighted by Crippen LogP contribution is -2.35. The molecule has 1 saturated heterocycles. The van der Waals surface area contributed by atoms with Crippen LogP contribution < -0.4 is 11.5 Å². The standard InChI is InChI=1S/C10H13BrN6O3/c11-10-15-7(13)4-8(16-10)17(2-14-4)9-6(19)5(18)3(1-12)20-9/h2-3,5-6,9,18-19H,1,12H2,(H2,13,15,16)/t3-,5+,6+,9-/m1/s1. The van der Waals surface area contributed by atoms with Gasteiger partial charge in [-0.2, -0.15) is 0 Å². The maximum absolute atomic E-state index is 10.1. The second kappa shape index (κ2) is 4.90. The molecule has 0 bridgehead atoms. The molecule has 3 rings (SSSR count). The van der Waals surface area contributed by atoms with Crippen molar-refractivity contribution in [1.82, 2.24) is 19.5 Å². The monoisotopic (exact) mass is 344 g/mol. The van der Waals surface area contributed by atoms with Crippen molar-refractivity contribution >= 4 is 32.9 Å². The fourth-order valence-corrected chi connectivity index (χ4v) is 2.61. The molecular formula is C10H13BrN6O3. The van der Waals surface area contributed by atoms with E-state index in [9.17, 15) is 10.2 Å². The number of halogens is 1. The van der Waals surface area contributed by atoms with Crippen LogP contribution in [0.3, 0.4) is 0 Å². The van der Waals surface area contributed by atoms with Crippen LogP contribution >= 0.6 is 15.9 Å². The van der Waals surface area contributed by atoms with Gasteiger partial charge in [0.15, 0.2) is 17.7 Å². The van der Waals surface area contributed by atoms with Crippen molar-refractivity contribution in [3.05, 3.63) is 11.1 Å². The lowest BCUT2D eigenvalue weighted by atomic mass is 10.1. The summed E-state index contributed by atoms with van der Waals surface area (Å²) in [5, 5.41) is 19.9. The molecule has 0 spiro atoms. The van der Waals surface area contributed by atoms with E-state index < -0.39 is 24.5 Å². The van der Waals surface area contributed by atoms with Crippen LogP contribution in [-0.2, 0) is 4.74 Å². The van der Waals surface area contributed by atoms with Crippen LogP contribution in [0.15, 0.2) is 11.1 Å². The molecule has 2 aromatic heterocycles. The molecule has 1 fully saturated rings. The Morgan fingerprint density at radius 2 is 2.10 bits per heavy atom. The van der Waals surface area contributed by atoms with Gasteiger partial charge in [-0.15, -0.1) is 0 Å². The average Bonchev–Trinajstić information content (AvgIpc) is 2.93. The maximum atomic E-state index is 10.1. The maximum Gasteiger partial charge on any atom is 0.200 e. The molecule has 9 nitrogen and oxygen atoms in total. The smallest absolute Gasteiger partial charge is 0.200 e. The molecule has 0 unspecified atom stereocenters. The van der Waals surface area contributed by atoms with Gasteiger partial charge in [0.2, 0.25) is 4.73 Å². The summed E-state index contributed by atoms with van der Waals surface area (Å²) >= 11 is 3.15. The summed E-state index contributed by atoms with van der Waals surface area (Å²) in [5.41, 5.74) is 12.0. The fraction of sp³-hybridized carbons (Fsp3) is 0.500. The van der Waals surface area contributed by atoms with Crippen molar-refractivity contribution in [3.8, 4) is 0 Å². The number of aliphatic hydroxyl groups excluding tert-OH is 2. The quantitative estimate of drug-likeness (QED) is 0.494. The number of aliphatic hydroxyl groups is 2. The Bertz CT molecular complexity index is 649. The van der Waals surface area contributed by atoms with E-state index in [1.807, 2.05) is 0 Å². The third-order valence-electron chi connectivity index (χ3n) is 3.26. The van der Waals surface area contributed by atoms with Gasteiger partial charge in [0.25, 0.3) is 0 Å². The molecule has 1 aliphatic heterocycles. The lowest BCUT2D eigenvalue weighted by Gasteiger charge is -2.16. The van der Waals surface area contributed by atoms with Gasteiger partial charge in [-0.1, -0.05) is 0 Å². The molecule has 10 heteroatoms. The van der Waals surface area contributed by atoms with Crippen LogP contribution in [0.25, 0.3) is 11.2 Å². The molecule has 4 atom stereocenters. The number of anilines is 1. The minimum Gasteiger partial charge on any atom is -0.387 e. The Labute approximate surface area is 121 Å². The van der Waals surface area contributed by atoms with Crippen molar-refractivity contribution < 1.29 is 14.9 Å². The molecule has 6 N–H and O–H groups in total. The zero-order chi connectivity index (χ0) is 14.4. The third kappa shape index (κ3) is 1.96. The minimum atomic E-state index is -1.13. The first-order valence-corrected chi connectivity index (χ1v) is 6.69. The summed E-state index contributed by atoms with van der Waals surface area (Å²) in [6.07, 6.45) is -2.23. The molecule has 0 amide bonds. The Balaban J connectivity index is 2.07. The van der Waals surface area contributed by atoms with Crippen LogP contribution in [0.4, 0.5) is 5.82 Å². The van der Waals surface area contributed by atoms with Crippen LogP contribution in [0.2, 0.25) is 0 Å². The minimum absolute atomic E-state index is 0.0994. The van der Waals surface area contributed by atoms with Gasteiger partial charge in [0, 0.05) is 6.54 Å². The van der Waals surface area contributed by atoms with Gasteiger partial charge in [0.05, 0.1) is 6.33 Å². The summed E-state index contributed by atoms with van der Waals surface area (Å²) in [6, 6.07) is 0. The van der Waals surface area contributed by atoms with Crippen molar-refractivity contribution in [2.24, 2.45) is 5.73 Å². The van der Waals surface area contributed by atoms with Gasteiger partial charge >= 0.3 is 0 Å². The van der Waals surface area contributed by atoms with E-state index >= 15 is 0 Å². The Morgan fingerprint density at radius 3 is 2.75 bits per heavy atom. The second-order valence-corrected chi connectivity index (χ2v) is 5.19. The van der Waals surface area contributed by atoms with E-state index in [1.165, 1.54) is 10.9 Å².